The number of morpholine rings is 1. The molecule has 2 heterocycles. The van der Waals surface area contributed by atoms with Gasteiger partial charge >= 0.3 is 0 Å². The second-order valence-electron chi connectivity index (χ2n) is 6.90. The molecule has 2 fully saturated rings. The minimum Gasteiger partial charge on any atom is -0.379 e. The first kappa shape index (κ1) is 17.5. The van der Waals surface area contributed by atoms with Gasteiger partial charge in [-0.2, -0.15) is 0 Å². The number of piperidine rings is 1. The lowest BCUT2D eigenvalue weighted by atomic mass is 9.96. The first-order valence-electron chi connectivity index (χ1n) is 9.02. The molecule has 0 amide bonds. The van der Waals surface area contributed by atoms with Crippen LogP contribution in [0.25, 0.3) is 0 Å². The maximum Gasteiger partial charge on any atom is 0.164 e. The van der Waals surface area contributed by atoms with Gasteiger partial charge in [-0.1, -0.05) is 0 Å². The molecular weight excluding hydrogens is 307 g/mol. The number of ketones is 1. The summed E-state index contributed by atoms with van der Waals surface area (Å²) in [5.41, 5.74) is 0.610. The lowest BCUT2D eigenvalue weighted by Crippen LogP contribution is -2.44. The Morgan fingerprint density at radius 1 is 1.12 bits per heavy atom. The van der Waals surface area contributed by atoms with Crippen molar-refractivity contribution in [3.63, 3.8) is 0 Å². The third-order valence-corrected chi connectivity index (χ3v) is 5.04. The normalized spacial score (nSPS) is 23.3. The number of likely N-dealkylation sites (tertiary alicyclic amines) is 1. The summed E-state index contributed by atoms with van der Waals surface area (Å²) in [4.78, 5) is 17.1. The summed E-state index contributed by atoms with van der Waals surface area (Å²) in [6.07, 6.45) is 3.00. The number of rotatable bonds is 6. The van der Waals surface area contributed by atoms with E-state index in [2.05, 4.69) is 9.80 Å². The summed E-state index contributed by atoms with van der Waals surface area (Å²) in [5.74, 6) is 0.497. The summed E-state index contributed by atoms with van der Waals surface area (Å²) in [5, 5.41) is 0. The summed E-state index contributed by atoms with van der Waals surface area (Å²) in [7, 11) is 0. The van der Waals surface area contributed by atoms with E-state index in [-0.39, 0.29) is 11.6 Å². The number of nitrogens with zero attached hydrogens (tertiary/aromatic N) is 2. The fourth-order valence-corrected chi connectivity index (χ4v) is 3.69. The monoisotopic (exact) mass is 334 g/mol. The van der Waals surface area contributed by atoms with Crippen LogP contribution in [-0.2, 0) is 4.74 Å². The van der Waals surface area contributed by atoms with E-state index in [1.165, 1.54) is 25.0 Å². The molecule has 3 rings (SSSR count). The molecule has 0 aromatic heterocycles. The maximum atomic E-state index is 12.9. The molecular formula is C19H27FN2O2. The summed E-state index contributed by atoms with van der Waals surface area (Å²) >= 11 is 0. The van der Waals surface area contributed by atoms with E-state index in [1.54, 1.807) is 12.1 Å². The molecule has 0 N–H and O–H groups in total. The van der Waals surface area contributed by atoms with E-state index in [1.807, 2.05) is 0 Å². The second kappa shape index (κ2) is 8.70. The van der Waals surface area contributed by atoms with Crippen molar-refractivity contribution in [1.82, 2.24) is 9.80 Å². The predicted molar refractivity (Wildman–Crippen MR) is 91.8 cm³/mol. The third kappa shape index (κ3) is 5.10. The van der Waals surface area contributed by atoms with E-state index in [0.29, 0.717) is 17.9 Å². The standard InChI is InChI=1S/C19H27FN2O2/c20-18-5-3-17(4-6-18)19(23)7-9-21-8-1-2-16(14-21)15-22-10-12-24-13-11-22/h3-6,16H,1-2,7-15H2. The molecule has 4 nitrogen and oxygen atoms in total. The highest BCUT2D eigenvalue weighted by molar-refractivity contribution is 5.96. The number of Topliss-reactive ketones (excluding diaryl/α,β-unsaturated/α-hetero) is 1. The Bertz CT molecular complexity index is 529. The van der Waals surface area contributed by atoms with Crippen LogP contribution in [0.3, 0.4) is 0 Å². The van der Waals surface area contributed by atoms with Gasteiger partial charge < -0.3 is 9.64 Å². The highest BCUT2D eigenvalue weighted by Gasteiger charge is 2.23. The fraction of sp³-hybridized carbons (Fsp3) is 0.632. The Kier molecular flexibility index (Phi) is 6.35. The number of carbonyl (C=O) groups excluding carboxylic acids is 1. The zero-order valence-corrected chi connectivity index (χ0v) is 14.3. The predicted octanol–water partition coefficient (Wildman–Crippen LogP) is 2.44. The number of benzene rings is 1. The van der Waals surface area contributed by atoms with Crippen LogP contribution < -0.4 is 0 Å². The summed E-state index contributed by atoms with van der Waals surface area (Å²) in [6, 6.07) is 5.86. The van der Waals surface area contributed by atoms with Crippen molar-refractivity contribution in [2.45, 2.75) is 19.3 Å². The lowest BCUT2D eigenvalue weighted by molar-refractivity contribution is 0.0228. The van der Waals surface area contributed by atoms with Gasteiger partial charge in [0.25, 0.3) is 0 Å². The zero-order valence-electron chi connectivity index (χ0n) is 14.3. The molecule has 1 unspecified atom stereocenters. The summed E-state index contributed by atoms with van der Waals surface area (Å²) < 4.78 is 18.3. The summed E-state index contributed by atoms with van der Waals surface area (Å²) in [6.45, 7) is 7.89. The van der Waals surface area contributed by atoms with Crippen molar-refractivity contribution in [3.05, 3.63) is 35.6 Å². The van der Waals surface area contributed by atoms with E-state index in [0.717, 1.165) is 52.5 Å². The average molecular weight is 334 g/mol. The van der Waals surface area contributed by atoms with Gasteiger partial charge in [0.15, 0.2) is 5.78 Å². The molecule has 0 bridgehead atoms. The molecule has 1 aromatic rings. The molecule has 0 saturated carbocycles. The van der Waals surface area contributed by atoms with Crippen molar-refractivity contribution in [1.29, 1.82) is 0 Å². The highest BCUT2D eigenvalue weighted by atomic mass is 19.1. The quantitative estimate of drug-likeness (QED) is 0.748. The zero-order chi connectivity index (χ0) is 16.8. The van der Waals surface area contributed by atoms with E-state index in [4.69, 9.17) is 4.74 Å². The second-order valence-corrected chi connectivity index (χ2v) is 6.90. The van der Waals surface area contributed by atoms with Crippen LogP contribution in [0.4, 0.5) is 4.39 Å². The van der Waals surface area contributed by atoms with Gasteiger partial charge in [-0.25, -0.2) is 4.39 Å². The number of carbonyl (C=O) groups is 1. The van der Waals surface area contributed by atoms with E-state index < -0.39 is 0 Å². The highest BCUT2D eigenvalue weighted by Crippen LogP contribution is 2.19. The van der Waals surface area contributed by atoms with E-state index in [9.17, 15) is 9.18 Å². The Balaban J connectivity index is 1.43. The number of hydrogen-bond donors (Lipinski definition) is 0. The van der Waals surface area contributed by atoms with Gasteiger partial charge in [-0.15, -0.1) is 0 Å². The van der Waals surface area contributed by atoms with Crippen molar-refractivity contribution in [2.24, 2.45) is 5.92 Å². The molecule has 1 atom stereocenters. The maximum absolute atomic E-state index is 12.9. The van der Waals surface area contributed by atoms with Gasteiger partial charge in [0, 0.05) is 44.7 Å². The molecule has 2 aliphatic rings. The number of halogens is 1. The van der Waals surface area contributed by atoms with Crippen molar-refractivity contribution in [2.75, 3.05) is 52.5 Å². The van der Waals surface area contributed by atoms with Gasteiger partial charge in [0.05, 0.1) is 13.2 Å². The SMILES string of the molecule is O=C(CCN1CCCC(CN2CCOCC2)C1)c1ccc(F)cc1. The van der Waals surface area contributed by atoms with Crippen LogP contribution in [-0.4, -0.2) is 68.1 Å². The van der Waals surface area contributed by atoms with Gasteiger partial charge in [0.1, 0.15) is 5.82 Å². The van der Waals surface area contributed by atoms with Crippen LogP contribution in [0.15, 0.2) is 24.3 Å². The first-order chi connectivity index (χ1) is 11.7. The van der Waals surface area contributed by atoms with Crippen LogP contribution in [0.5, 0.6) is 0 Å². The first-order valence-corrected chi connectivity index (χ1v) is 9.02. The molecule has 5 heteroatoms. The van der Waals surface area contributed by atoms with Gasteiger partial charge in [-0.3, -0.25) is 9.69 Å². The molecule has 0 spiro atoms. The fourth-order valence-electron chi connectivity index (χ4n) is 3.69. The Morgan fingerprint density at radius 3 is 2.62 bits per heavy atom. The van der Waals surface area contributed by atoms with Gasteiger partial charge in [0.2, 0.25) is 0 Å². The van der Waals surface area contributed by atoms with Crippen LogP contribution in [0, 0.1) is 11.7 Å². The van der Waals surface area contributed by atoms with Crippen molar-refractivity contribution >= 4 is 5.78 Å². The lowest BCUT2D eigenvalue weighted by Gasteiger charge is -2.36. The molecule has 0 radical (unpaired) electrons. The van der Waals surface area contributed by atoms with Crippen LogP contribution in [0.2, 0.25) is 0 Å². The average Bonchev–Trinajstić information content (AvgIpc) is 2.61. The Morgan fingerprint density at radius 2 is 1.88 bits per heavy atom. The smallest absolute Gasteiger partial charge is 0.164 e. The minimum atomic E-state index is -0.298. The molecule has 24 heavy (non-hydrogen) atoms. The van der Waals surface area contributed by atoms with Crippen molar-refractivity contribution < 1.29 is 13.9 Å². The molecule has 2 aliphatic heterocycles. The third-order valence-electron chi connectivity index (χ3n) is 5.04. The largest absolute Gasteiger partial charge is 0.379 e. The number of ether oxygens (including phenoxy) is 1. The Hall–Kier alpha value is -1.30. The van der Waals surface area contributed by atoms with Crippen LogP contribution >= 0.6 is 0 Å². The van der Waals surface area contributed by atoms with Gasteiger partial charge in [-0.05, 0) is 49.6 Å². The molecule has 1 aromatic carbocycles. The minimum absolute atomic E-state index is 0.102. The molecule has 2 saturated heterocycles. The van der Waals surface area contributed by atoms with E-state index >= 15 is 0 Å². The topological polar surface area (TPSA) is 32.8 Å². The molecule has 132 valence electrons. The molecule has 0 aliphatic carbocycles. The van der Waals surface area contributed by atoms with Crippen LogP contribution in [0.1, 0.15) is 29.6 Å². The Labute approximate surface area is 143 Å². The number of hydrogen-bond acceptors (Lipinski definition) is 4. The van der Waals surface area contributed by atoms with Crippen molar-refractivity contribution in [3.8, 4) is 0 Å².